The lowest BCUT2D eigenvalue weighted by Crippen LogP contribution is -2.14. The van der Waals surface area contributed by atoms with Crippen molar-refractivity contribution >= 4 is 34.7 Å². The van der Waals surface area contributed by atoms with Gasteiger partial charge in [-0.3, -0.25) is 4.79 Å². The summed E-state index contributed by atoms with van der Waals surface area (Å²) >= 11 is 2.65. The van der Waals surface area contributed by atoms with Gasteiger partial charge in [-0.15, -0.1) is 21.5 Å². The Labute approximate surface area is 145 Å². The van der Waals surface area contributed by atoms with E-state index in [4.69, 9.17) is 4.42 Å². The molecule has 1 N–H and O–H groups in total. The summed E-state index contributed by atoms with van der Waals surface area (Å²) in [4.78, 5) is 16.2. The number of amides is 1. The van der Waals surface area contributed by atoms with Crippen LogP contribution in [0.25, 0.3) is 0 Å². The third-order valence-electron chi connectivity index (χ3n) is 2.92. The molecule has 0 saturated carbocycles. The van der Waals surface area contributed by atoms with Crippen LogP contribution in [0.1, 0.15) is 16.6 Å². The molecule has 3 rings (SSSR count). The van der Waals surface area contributed by atoms with Crippen molar-refractivity contribution in [1.82, 2.24) is 15.2 Å². The molecule has 0 saturated heterocycles. The first kappa shape index (κ1) is 16.6. The Balaban J connectivity index is 1.51. The minimum absolute atomic E-state index is 0.0474. The molecule has 6 nitrogen and oxygen atoms in total. The van der Waals surface area contributed by atoms with Gasteiger partial charge in [0.2, 0.25) is 11.8 Å². The second kappa shape index (κ2) is 7.54. The predicted octanol–water partition coefficient (Wildman–Crippen LogP) is 3.30. The third kappa shape index (κ3) is 4.39. The zero-order valence-electron chi connectivity index (χ0n) is 12.7. The average Bonchev–Trinajstić information content (AvgIpc) is 3.17. The van der Waals surface area contributed by atoms with Crippen LogP contribution >= 0.6 is 23.1 Å². The van der Waals surface area contributed by atoms with Gasteiger partial charge in [0, 0.05) is 5.38 Å². The van der Waals surface area contributed by atoms with Gasteiger partial charge >= 0.3 is 0 Å². The van der Waals surface area contributed by atoms with Crippen LogP contribution in [0.15, 0.2) is 39.3 Å². The van der Waals surface area contributed by atoms with Crippen molar-refractivity contribution in [3.8, 4) is 0 Å². The standard InChI is InChI=1S/C15H13FN4O2S2/c1-9-17-10(7-23-9)6-14-19-20-15(22-14)24-8-13(21)18-12-5-3-2-4-11(12)16/h2-5,7H,6,8H2,1H3,(H,18,21). The summed E-state index contributed by atoms with van der Waals surface area (Å²) < 4.78 is 18.9. The zero-order chi connectivity index (χ0) is 16.9. The zero-order valence-corrected chi connectivity index (χ0v) is 14.3. The maximum absolute atomic E-state index is 13.5. The van der Waals surface area contributed by atoms with E-state index in [1.54, 1.807) is 23.5 Å². The Hall–Kier alpha value is -2.26. The summed E-state index contributed by atoms with van der Waals surface area (Å²) in [5.41, 5.74) is 1.02. The highest BCUT2D eigenvalue weighted by molar-refractivity contribution is 7.99. The number of anilines is 1. The fourth-order valence-corrected chi connectivity index (χ4v) is 3.08. The van der Waals surface area contributed by atoms with Crippen LogP contribution in [0, 0.1) is 12.7 Å². The first-order valence-corrected chi connectivity index (χ1v) is 8.87. The summed E-state index contributed by atoms with van der Waals surface area (Å²) in [6.07, 6.45) is 0.458. The summed E-state index contributed by atoms with van der Waals surface area (Å²) in [5.74, 6) is -0.335. The van der Waals surface area contributed by atoms with Crippen molar-refractivity contribution in [2.45, 2.75) is 18.6 Å². The molecule has 124 valence electrons. The van der Waals surface area contributed by atoms with Crippen molar-refractivity contribution in [3.63, 3.8) is 0 Å². The van der Waals surface area contributed by atoms with Gasteiger partial charge < -0.3 is 9.73 Å². The Morgan fingerprint density at radius 2 is 2.21 bits per heavy atom. The smallest absolute Gasteiger partial charge is 0.277 e. The SMILES string of the molecule is Cc1nc(Cc2nnc(SCC(=O)Nc3ccccc3F)o2)cs1. The number of nitrogens with zero attached hydrogens (tertiary/aromatic N) is 3. The molecule has 0 aliphatic heterocycles. The van der Waals surface area contributed by atoms with Crippen molar-refractivity contribution in [2.75, 3.05) is 11.1 Å². The highest BCUT2D eigenvalue weighted by Gasteiger charge is 2.12. The number of para-hydroxylation sites is 1. The van der Waals surface area contributed by atoms with Gasteiger partial charge in [-0.25, -0.2) is 9.37 Å². The Kier molecular flexibility index (Phi) is 5.21. The molecule has 1 aromatic carbocycles. The number of halogens is 1. The fraction of sp³-hybridized carbons (Fsp3) is 0.200. The highest BCUT2D eigenvalue weighted by atomic mass is 32.2. The minimum Gasteiger partial charge on any atom is -0.416 e. The largest absolute Gasteiger partial charge is 0.416 e. The quantitative estimate of drug-likeness (QED) is 0.676. The van der Waals surface area contributed by atoms with E-state index in [2.05, 4.69) is 20.5 Å². The van der Waals surface area contributed by atoms with Crippen molar-refractivity contribution in [3.05, 3.63) is 52.1 Å². The number of benzene rings is 1. The van der Waals surface area contributed by atoms with Gasteiger partial charge in [-0.05, 0) is 19.1 Å². The van der Waals surface area contributed by atoms with E-state index in [1.807, 2.05) is 12.3 Å². The van der Waals surface area contributed by atoms with Crippen molar-refractivity contribution in [2.24, 2.45) is 0 Å². The van der Waals surface area contributed by atoms with Crippen LogP contribution < -0.4 is 5.32 Å². The topological polar surface area (TPSA) is 80.9 Å². The van der Waals surface area contributed by atoms with Gasteiger partial charge in [0.15, 0.2) is 0 Å². The number of thiazole rings is 1. The number of hydrogen-bond acceptors (Lipinski definition) is 7. The van der Waals surface area contributed by atoms with E-state index < -0.39 is 5.82 Å². The molecule has 0 aliphatic carbocycles. The molecule has 0 atom stereocenters. The van der Waals surface area contributed by atoms with Gasteiger partial charge in [0.05, 0.1) is 28.6 Å². The predicted molar refractivity (Wildman–Crippen MR) is 89.7 cm³/mol. The van der Waals surface area contributed by atoms with Gasteiger partial charge in [0.25, 0.3) is 5.22 Å². The number of thioether (sulfide) groups is 1. The van der Waals surface area contributed by atoms with E-state index >= 15 is 0 Å². The maximum Gasteiger partial charge on any atom is 0.277 e. The molecule has 0 unspecified atom stereocenters. The van der Waals surface area contributed by atoms with Crippen molar-refractivity contribution in [1.29, 1.82) is 0 Å². The summed E-state index contributed by atoms with van der Waals surface area (Å²) in [5, 5.41) is 13.5. The number of hydrogen-bond donors (Lipinski definition) is 1. The summed E-state index contributed by atoms with van der Waals surface area (Å²) in [6, 6.07) is 5.99. The fourth-order valence-electron chi connectivity index (χ4n) is 1.89. The normalized spacial score (nSPS) is 10.8. The number of carbonyl (C=O) groups is 1. The molecule has 0 bridgehead atoms. The molecular formula is C15H13FN4O2S2. The average molecular weight is 364 g/mol. The second-order valence-corrected chi connectivity index (χ2v) is 6.80. The minimum atomic E-state index is -0.477. The number of aryl methyl sites for hydroxylation is 1. The lowest BCUT2D eigenvalue weighted by atomic mass is 10.3. The van der Waals surface area contributed by atoms with Crippen molar-refractivity contribution < 1.29 is 13.6 Å². The molecule has 3 aromatic rings. The second-order valence-electron chi connectivity index (χ2n) is 4.81. The number of nitrogens with one attached hydrogen (secondary N) is 1. The van der Waals surface area contributed by atoms with E-state index in [-0.39, 0.29) is 17.3 Å². The van der Waals surface area contributed by atoms with Crippen LogP contribution in [-0.4, -0.2) is 26.8 Å². The molecule has 1 amide bonds. The third-order valence-corrected chi connectivity index (χ3v) is 4.56. The van der Waals surface area contributed by atoms with E-state index in [9.17, 15) is 9.18 Å². The van der Waals surface area contributed by atoms with Gasteiger partial charge in [-0.1, -0.05) is 23.9 Å². The molecule has 2 aromatic heterocycles. The Bertz CT molecular complexity index is 849. The molecule has 9 heteroatoms. The molecule has 0 aliphatic rings. The molecule has 0 fully saturated rings. The number of carbonyl (C=O) groups excluding carboxylic acids is 1. The van der Waals surface area contributed by atoms with E-state index in [0.717, 1.165) is 22.5 Å². The van der Waals surface area contributed by atoms with E-state index in [0.29, 0.717) is 17.5 Å². The van der Waals surface area contributed by atoms with Crippen LogP contribution in [-0.2, 0) is 11.2 Å². The van der Waals surface area contributed by atoms with E-state index in [1.165, 1.54) is 12.1 Å². The van der Waals surface area contributed by atoms with Gasteiger partial charge in [-0.2, -0.15) is 0 Å². The molecule has 0 radical (unpaired) electrons. The summed E-state index contributed by atoms with van der Waals surface area (Å²) in [7, 11) is 0. The first-order chi connectivity index (χ1) is 11.6. The number of rotatable bonds is 6. The first-order valence-electron chi connectivity index (χ1n) is 7.01. The Morgan fingerprint density at radius 1 is 1.38 bits per heavy atom. The number of aromatic nitrogens is 3. The molecule has 0 spiro atoms. The highest BCUT2D eigenvalue weighted by Crippen LogP contribution is 2.19. The van der Waals surface area contributed by atoms with Crippen LogP contribution in [0.2, 0.25) is 0 Å². The monoisotopic (exact) mass is 364 g/mol. The lowest BCUT2D eigenvalue weighted by molar-refractivity contribution is -0.113. The molecular weight excluding hydrogens is 351 g/mol. The lowest BCUT2D eigenvalue weighted by Gasteiger charge is -2.04. The van der Waals surface area contributed by atoms with Crippen LogP contribution in [0.5, 0.6) is 0 Å². The molecule has 2 heterocycles. The van der Waals surface area contributed by atoms with Crippen LogP contribution in [0.4, 0.5) is 10.1 Å². The molecule has 24 heavy (non-hydrogen) atoms. The van der Waals surface area contributed by atoms with Gasteiger partial charge in [0.1, 0.15) is 5.82 Å². The summed E-state index contributed by atoms with van der Waals surface area (Å²) in [6.45, 7) is 1.93. The van der Waals surface area contributed by atoms with Crippen LogP contribution in [0.3, 0.4) is 0 Å². The maximum atomic E-state index is 13.5. The Morgan fingerprint density at radius 3 is 2.96 bits per heavy atom.